The Labute approximate surface area is 170 Å². The number of methoxy groups -OCH3 is 1. The highest BCUT2D eigenvalue weighted by atomic mass is 19.1. The van der Waals surface area contributed by atoms with Crippen molar-refractivity contribution in [3.63, 3.8) is 0 Å². The van der Waals surface area contributed by atoms with E-state index in [4.69, 9.17) is 4.74 Å². The molecule has 156 valence electrons. The number of carbonyl (C=O) groups is 1. The number of anilines is 2. The Kier molecular flexibility index (Phi) is 6.27. The SMILES string of the molecule is COCCNc1ccc(C(=O)Nc2ccc(F)c(-n3nnnc3C)c2)cc1[N+](=O)[O-]. The average Bonchev–Trinajstić information content (AvgIpc) is 3.15. The quantitative estimate of drug-likeness (QED) is 0.325. The van der Waals surface area contributed by atoms with Crippen LogP contribution in [0.5, 0.6) is 0 Å². The molecule has 0 fully saturated rings. The fourth-order valence-electron chi connectivity index (χ4n) is 2.67. The van der Waals surface area contributed by atoms with Gasteiger partial charge in [-0.05, 0) is 47.7 Å². The van der Waals surface area contributed by atoms with Crippen molar-refractivity contribution in [2.45, 2.75) is 6.92 Å². The highest BCUT2D eigenvalue weighted by Crippen LogP contribution is 2.26. The number of aromatic nitrogens is 4. The lowest BCUT2D eigenvalue weighted by molar-refractivity contribution is -0.384. The molecule has 12 heteroatoms. The Morgan fingerprint density at radius 3 is 2.77 bits per heavy atom. The van der Waals surface area contributed by atoms with E-state index in [0.717, 1.165) is 6.07 Å². The number of ether oxygens (including phenoxy) is 1. The minimum absolute atomic E-state index is 0.0546. The molecule has 0 atom stereocenters. The Balaban J connectivity index is 1.83. The Morgan fingerprint density at radius 1 is 1.30 bits per heavy atom. The van der Waals surface area contributed by atoms with E-state index in [1.54, 1.807) is 6.92 Å². The number of nitrogens with one attached hydrogen (secondary N) is 2. The highest BCUT2D eigenvalue weighted by molar-refractivity contribution is 6.05. The number of amides is 1. The van der Waals surface area contributed by atoms with Crippen LogP contribution in [-0.4, -0.2) is 51.3 Å². The molecule has 2 N–H and O–H groups in total. The molecular weight excluding hydrogens is 397 g/mol. The number of rotatable bonds is 8. The van der Waals surface area contributed by atoms with Crippen molar-refractivity contribution in [2.24, 2.45) is 0 Å². The Hall–Kier alpha value is -3.93. The van der Waals surface area contributed by atoms with Crippen LogP contribution < -0.4 is 10.6 Å². The zero-order valence-corrected chi connectivity index (χ0v) is 16.1. The number of hydrogen-bond donors (Lipinski definition) is 2. The third-order valence-corrected chi connectivity index (χ3v) is 4.14. The number of benzene rings is 2. The summed E-state index contributed by atoms with van der Waals surface area (Å²) in [5, 5.41) is 27.7. The van der Waals surface area contributed by atoms with Gasteiger partial charge in [0.2, 0.25) is 0 Å². The molecule has 1 amide bonds. The van der Waals surface area contributed by atoms with Crippen LogP contribution in [0.15, 0.2) is 36.4 Å². The van der Waals surface area contributed by atoms with Gasteiger partial charge < -0.3 is 15.4 Å². The van der Waals surface area contributed by atoms with Crippen molar-refractivity contribution in [2.75, 3.05) is 30.9 Å². The van der Waals surface area contributed by atoms with Gasteiger partial charge in [0.25, 0.3) is 11.6 Å². The predicted molar refractivity (Wildman–Crippen MR) is 105 cm³/mol. The van der Waals surface area contributed by atoms with E-state index in [2.05, 4.69) is 26.2 Å². The second-order valence-electron chi connectivity index (χ2n) is 6.17. The van der Waals surface area contributed by atoms with Crippen molar-refractivity contribution in [3.05, 3.63) is 63.7 Å². The van der Waals surface area contributed by atoms with Crippen LogP contribution in [-0.2, 0) is 4.74 Å². The summed E-state index contributed by atoms with van der Waals surface area (Å²) < 4.78 is 20.3. The van der Waals surface area contributed by atoms with E-state index >= 15 is 0 Å². The first-order valence-corrected chi connectivity index (χ1v) is 8.78. The molecule has 0 unspecified atom stereocenters. The smallest absolute Gasteiger partial charge is 0.293 e. The molecule has 0 radical (unpaired) electrons. The van der Waals surface area contributed by atoms with Gasteiger partial charge in [0.15, 0.2) is 5.82 Å². The molecule has 0 aliphatic rings. The summed E-state index contributed by atoms with van der Waals surface area (Å²) >= 11 is 0. The molecule has 0 aliphatic heterocycles. The van der Waals surface area contributed by atoms with Crippen LogP contribution in [0.3, 0.4) is 0 Å². The Bertz CT molecular complexity index is 1090. The molecule has 30 heavy (non-hydrogen) atoms. The van der Waals surface area contributed by atoms with Crippen LogP contribution in [0.4, 0.5) is 21.5 Å². The zero-order valence-electron chi connectivity index (χ0n) is 16.1. The van der Waals surface area contributed by atoms with Crippen molar-refractivity contribution in [1.82, 2.24) is 20.2 Å². The van der Waals surface area contributed by atoms with Gasteiger partial charge in [-0.1, -0.05) is 0 Å². The van der Waals surface area contributed by atoms with Crippen molar-refractivity contribution in [3.8, 4) is 5.69 Å². The number of nitrogens with zero attached hydrogens (tertiary/aromatic N) is 5. The van der Waals surface area contributed by atoms with E-state index in [1.165, 1.54) is 42.1 Å². The van der Waals surface area contributed by atoms with Gasteiger partial charge in [0, 0.05) is 31.0 Å². The van der Waals surface area contributed by atoms with Crippen LogP contribution in [0.2, 0.25) is 0 Å². The summed E-state index contributed by atoms with van der Waals surface area (Å²) in [5.41, 5.74) is 0.424. The molecule has 0 saturated carbocycles. The van der Waals surface area contributed by atoms with E-state index in [1.807, 2.05) is 0 Å². The number of carbonyl (C=O) groups excluding carboxylic acids is 1. The maximum Gasteiger partial charge on any atom is 0.293 e. The number of nitro groups is 1. The molecule has 2 aromatic carbocycles. The predicted octanol–water partition coefficient (Wildman–Crippen LogP) is 2.33. The summed E-state index contributed by atoms with van der Waals surface area (Å²) in [5.74, 6) is -0.803. The first-order valence-electron chi connectivity index (χ1n) is 8.78. The number of hydrogen-bond acceptors (Lipinski definition) is 8. The first-order chi connectivity index (χ1) is 14.4. The summed E-state index contributed by atoms with van der Waals surface area (Å²) in [6, 6.07) is 7.96. The summed E-state index contributed by atoms with van der Waals surface area (Å²) in [4.78, 5) is 23.4. The topological polar surface area (TPSA) is 137 Å². The van der Waals surface area contributed by atoms with Crippen molar-refractivity contribution in [1.29, 1.82) is 0 Å². The van der Waals surface area contributed by atoms with E-state index < -0.39 is 16.6 Å². The maximum absolute atomic E-state index is 14.2. The summed E-state index contributed by atoms with van der Waals surface area (Å²) in [7, 11) is 1.52. The highest BCUT2D eigenvalue weighted by Gasteiger charge is 2.18. The molecule has 11 nitrogen and oxygen atoms in total. The van der Waals surface area contributed by atoms with Gasteiger partial charge in [0.1, 0.15) is 17.2 Å². The third kappa shape index (κ3) is 4.55. The molecule has 0 saturated heterocycles. The zero-order chi connectivity index (χ0) is 21.7. The normalized spacial score (nSPS) is 10.6. The van der Waals surface area contributed by atoms with Gasteiger partial charge in [-0.25, -0.2) is 4.39 Å². The molecule has 0 spiro atoms. The molecular formula is C18H18FN7O4. The van der Waals surface area contributed by atoms with E-state index in [0.29, 0.717) is 19.0 Å². The van der Waals surface area contributed by atoms with Crippen molar-refractivity contribution >= 4 is 23.0 Å². The largest absolute Gasteiger partial charge is 0.383 e. The third-order valence-electron chi connectivity index (χ3n) is 4.14. The van der Waals surface area contributed by atoms with Crippen LogP contribution in [0.1, 0.15) is 16.2 Å². The fourth-order valence-corrected chi connectivity index (χ4v) is 2.67. The van der Waals surface area contributed by atoms with Crippen LogP contribution >= 0.6 is 0 Å². The molecule has 1 heterocycles. The second-order valence-corrected chi connectivity index (χ2v) is 6.17. The number of aryl methyl sites for hydroxylation is 1. The second kappa shape index (κ2) is 9.05. The minimum atomic E-state index is -0.590. The fraction of sp³-hybridized carbons (Fsp3) is 0.222. The average molecular weight is 415 g/mol. The lowest BCUT2D eigenvalue weighted by atomic mass is 10.1. The Morgan fingerprint density at radius 2 is 2.10 bits per heavy atom. The lowest BCUT2D eigenvalue weighted by Crippen LogP contribution is -2.14. The first kappa shape index (κ1) is 20.8. The van der Waals surface area contributed by atoms with Gasteiger partial charge >= 0.3 is 0 Å². The number of nitro benzene ring substituents is 1. The number of halogens is 1. The van der Waals surface area contributed by atoms with Crippen LogP contribution in [0.25, 0.3) is 5.69 Å². The van der Waals surface area contributed by atoms with Crippen molar-refractivity contribution < 1.29 is 18.8 Å². The monoisotopic (exact) mass is 415 g/mol. The molecule has 1 aromatic heterocycles. The maximum atomic E-state index is 14.2. The standard InChI is InChI=1S/C18H18FN7O4/c1-11-22-23-24-25(11)16-10-13(4-5-14(16)19)21-18(27)12-3-6-15(20-7-8-30-2)17(9-12)26(28)29/h3-6,9-10,20H,7-8H2,1-2H3,(H,21,27). The van der Waals surface area contributed by atoms with Gasteiger partial charge in [-0.2, -0.15) is 4.68 Å². The van der Waals surface area contributed by atoms with Gasteiger partial charge in [-0.3, -0.25) is 14.9 Å². The van der Waals surface area contributed by atoms with E-state index in [-0.39, 0.29) is 28.3 Å². The lowest BCUT2D eigenvalue weighted by Gasteiger charge is -2.10. The number of tetrazole rings is 1. The minimum Gasteiger partial charge on any atom is -0.383 e. The van der Waals surface area contributed by atoms with Gasteiger partial charge in [-0.15, -0.1) is 5.10 Å². The molecule has 0 bridgehead atoms. The van der Waals surface area contributed by atoms with Gasteiger partial charge in [0.05, 0.1) is 11.5 Å². The molecule has 3 rings (SSSR count). The molecule has 0 aliphatic carbocycles. The summed E-state index contributed by atoms with van der Waals surface area (Å²) in [6.07, 6.45) is 0. The molecule has 3 aromatic rings. The summed E-state index contributed by atoms with van der Waals surface area (Å²) in [6.45, 7) is 2.34. The van der Waals surface area contributed by atoms with E-state index in [9.17, 15) is 19.3 Å². The van der Waals surface area contributed by atoms with Crippen LogP contribution in [0, 0.1) is 22.9 Å².